The number of hydrogen-bond donors (Lipinski definition) is 3. The van der Waals surface area contributed by atoms with Gasteiger partial charge in [-0.05, 0) is 48.0 Å². The van der Waals surface area contributed by atoms with Gasteiger partial charge in [-0.2, -0.15) is 9.78 Å². The molecule has 0 bridgehead atoms. The number of fused-ring (bicyclic) bond motifs is 2. The normalized spacial score (nSPS) is 12.1. The van der Waals surface area contributed by atoms with Gasteiger partial charge in [-0.25, -0.2) is 18.4 Å². The number of anilines is 1. The molecule has 5 rings (SSSR count). The number of hydrogen-bond acceptors (Lipinski definition) is 8. The number of rotatable bonds is 4. The Labute approximate surface area is 188 Å². The minimum Gasteiger partial charge on any atom is -0.504 e. The molecule has 0 saturated heterocycles. The van der Waals surface area contributed by atoms with E-state index in [1.807, 2.05) is 0 Å². The summed E-state index contributed by atoms with van der Waals surface area (Å²) in [7, 11) is -4.03. The molecule has 0 saturated carbocycles. The number of sulfone groups is 1. The standard InChI is InChI=1S/C23H17N5O4S/c24-22-21(33(31,32)15-6-2-1-3-7-15)20-23(27-17-9-5-4-8-16(17)26-20)28(22)25-13-14-10-11-18(29)19(30)12-14/h1-13,29-30H,24H2. The number of nitrogens with two attached hydrogens (primary N) is 1. The SMILES string of the molecule is Nc1c(S(=O)(=O)c2ccccc2)c2nc3ccccc3nc2n1N=Cc1ccc(O)c(O)c1. The Morgan fingerprint density at radius 1 is 0.879 bits per heavy atom. The van der Waals surface area contributed by atoms with E-state index in [0.29, 0.717) is 16.6 Å². The fourth-order valence-electron chi connectivity index (χ4n) is 3.47. The summed E-state index contributed by atoms with van der Waals surface area (Å²) in [6.07, 6.45) is 1.37. The highest BCUT2D eigenvalue weighted by Gasteiger charge is 2.30. The summed E-state index contributed by atoms with van der Waals surface area (Å²) < 4.78 is 28.2. The molecule has 10 heteroatoms. The Bertz CT molecular complexity index is 1660. The van der Waals surface area contributed by atoms with Gasteiger partial charge in [0.15, 0.2) is 17.1 Å². The van der Waals surface area contributed by atoms with Crippen molar-refractivity contribution >= 4 is 44.1 Å². The Morgan fingerprint density at radius 3 is 2.24 bits per heavy atom. The second kappa shape index (κ2) is 7.61. The van der Waals surface area contributed by atoms with Crippen LogP contribution in [0.4, 0.5) is 5.82 Å². The highest BCUT2D eigenvalue weighted by Crippen LogP contribution is 2.35. The third-order valence-corrected chi connectivity index (χ3v) is 6.91. The molecule has 5 aromatic rings. The molecule has 0 amide bonds. The fraction of sp³-hybridized carbons (Fsp3) is 0. The quantitative estimate of drug-likeness (QED) is 0.276. The number of nitrogens with zero attached hydrogens (tertiary/aromatic N) is 4. The van der Waals surface area contributed by atoms with Crippen LogP contribution in [0.1, 0.15) is 5.56 Å². The molecule has 9 nitrogen and oxygen atoms in total. The van der Waals surface area contributed by atoms with Crippen LogP contribution in [0.3, 0.4) is 0 Å². The molecule has 0 aliphatic rings. The van der Waals surface area contributed by atoms with E-state index in [1.54, 1.807) is 42.5 Å². The maximum absolute atomic E-state index is 13.5. The van der Waals surface area contributed by atoms with E-state index in [-0.39, 0.29) is 38.3 Å². The summed E-state index contributed by atoms with van der Waals surface area (Å²) in [6, 6.07) is 19.1. The monoisotopic (exact) mass is 459 g/mol. The van der Waals surface area contributed by atoms with Gasteiger partial charge < -0.3 is 15.9 Å². The van der Waals surface area contributed by atoms with Crippen LogP contribution >= 0.6 is 0 Å². The molecule has 0 aliphatic carbocycles. The van der Waals surface area contributed by atoms with Crippen LogP contribution in [-0.2, 0) is 9.84 Å². The Morgan fingerprint density at radius 2 is 1.55 bits per heavy atom. The van der Waals surface area contributed by atoms with Crippen molar-refractivity contribution < 1.29 is 18.6 Å². The Hall–Kier alpha value is -4.44. The number of phenols is 2. The molecule has 3 aromatic carbocycles. The first-order valence-corrected chi connectivity index (χ1v) is 11.3. The summed E-state index contributed by atoms with van der Waals surface area (Å²) in [5, 5.41) is 23.6. The molecule has 0 unspecified atom stereocenters. The lowest BCUT2D eigenvalue weighted by Gasteiger charge is -2.04. The molecule has 4 N–H and O–H groups in total. The molecule has 33 heavy (non-hydrogen) atoms. The van der Waals surface area contributed by atoms with Gasteiger partial charge in [-0.1, -0.05) is 30.3 Å². The molecule has 0 atom stereocenters. The van der Waals surface area contributed by atoms with E-state index in [9.17, 15) is 18.6 Å². The van der Waals surface area contributed by atoms with Gasteiger partial charge in [0.05, 0.1) is 22.1 Å². The fourth-order valence-corrected chi connectivity index (χ4v) is 4.97. The lowest BCUT2D eigenvalue weighted by Crippen LogP contribution is -2.06. The topological polar surface area (TPSA) is 144 Å². The van der Waals surface area contributed by atoms with Crippen molar-refractivity contribution in [2.24, 2.45) is 5.10 Å². The number of nitrogen functional groups attached to an aromatic ring is 1. The predicted octanol–water partition coefficient (Wildman–Crippen LogP) is 3.29. The summed E-state index contributed by atoms with van der Waals surface area (Å²) in [4.78, 5) is 8.99. The lowest BCUT2D eigenvalue weighted by molar-refractivity contribution is 0.403. The second-order valence-electron chi connectivity index (χ2n) is 7.22. The van der Waals surface area contributed by atoms with E-state index < -0.39 is 9.84 Å². The summed E-state index contributed by atoms with van der Waals surface area (Å²) in [6.45, 7) is 0. The zero-order valence-electron chi connectivity index (χ0n) is 17.0. The molecule has 0 radical (unpaired) electrons. The van der Waals surface area contributed by atoms with E-state index in [0.717, 1.165) is 0 Å². The van der Waals surface area contributed by atoms with Crippen molar-refractivity contribution in [3.05, 3.63) is 78.4 Å². The third kappa shape index (κ3) is 3.42. The molecular formula is C23H17N5O4S. The minimum atomic E-state index is -4.03. The Kier molecular flexibility index (Phi) is 4.72. The summed E-state index contributed by atoms with van der Waals surface area (Å²) in [5.74, 6) is -0.738. The van der Waals surface area contributed by atoms with Gasteiger partial charge in [0.2, 0.25) is 9.84 Å². The van der Waals surface area contributed by atoms with Crippen LogP contribution in [0.2, 0.25) is 0 Å². The van der Waals surface area contributed by atoms with Crippen molar-refractivity contribution in [3.8, 4) is 11.5 Å². The van der Waals surface area contributed by atoms with Crippen LogP contribution < -0.4 is 5.73 Å². The van der Waals surface area contributed by atoms with Crippen LogP contribution in [0.15, 0.2) is 87.7 Å². The van der Waals surface area contributed by atoms with Crippen molar-refractivity contribution in [1.29, 1.82) is 0 Å². The molecule has 164 valence electrons. The molecule has 0 fully saturated rings. The smallest absolute Gasteiger partial charge is 0.212 e. The van der Waals surface area contributed by atoms with E-state index in [2.05, 4.69) is 15.1 Å². The average molecular weight is 459 g/mol. The maximum atomic E-state index is 13.5. The van der Waals surface area contributed by atoms with Crippen LogP contribution in [0, 0.1) is 0 Å². The molecule has 2 heterocycles. The van der Waals surface area contributed by atoms with Gasteiger partial charge in [0.1, 0.15) is 16.2 Å². The highest BCUT2D eigenvalue weighted by atomic mass is 32.2. The van der Waals surface area contributed by atoms with Crippen molar-refractivity contribution in [1.82, 2.24) is 14.6 Å². The molecule has 0 spiro atoms. The maximum Gasteiger partial charge on any atom is 0.212 e. The van der Waals surface area contributed by atoms with Gasteiger partial charge >= 0.3 is 0 Å². The number of aromatic hydroxyl groups is 2. The summed E-state index contributed by atoms with van der Waals surface area (Å²) >= 11 is 0. The van der Waals surface area contributed by atoms with Gasteiger partial charge in [0, 0.05) is 0 Å². The molecule has 2 aromatic heterocycles. The van der Waals surface area contributed by atoms with Crippen LogP contribution in [0.5, 0.6) is 11.5 Å². The average Bonchev–Trinajstić information content (AvgIpc) is 3.09. The van der Waals surface area contributed by atoms with Crippen LogP contribution in [0.25, 0.3) is 22.2 Å². The predicted molar refractivity (Wildman–Crippen MR) is 124 cm³/mol. The number of aromatic nitrogens is 3. The second-order valence-corrected chi connectivity index (χ2v) is 9.11. The molecular weight excluding hydrogens is 442 g/mol. The largest absolute Gasteiger partial charge is 0.504 e. The lowest BCUT2D eigenvalue weighted by atomic mass is 10.2. The number of phenolic OH excluding ortho intramolecular Hbond substituents is 2. The van der Waals surface area contributed by atoms with Crippen molar-refractivity contribution in [2.75, 3.05) is 5.73 Å². The first-order valence-electron chi connectivity index (χ1n) is 9.79. The van der Waals surface area contributed by atoms with E-state index in [1.165, 1.54) is 41.2 Å². The van der Waals surface area contributed by atoms with Gasteiger partial charge in [-0.15, -0.1) is 0 Å². The van der Waals surface area contributed by atoms with E-state index in [4.69, 9.17) is 5.73 Å². The van der Waals surface area contributed by atoms with Crippen molar-refractivity contribution in [3.63, 3.8) is 0 Å². The van der Waals surface area contributed by atoms with Gasteiger partial charge in [0.25, 0.3) is 0 Å². The first-order chi connectivity index (χ1) is 15.9. The zero-order valence-corrected chi connectivity index (χ0v) is 17.8. The Balaban J connectivity index is 1.79. The first kappa shape index (κ1) is 20.5. The number of benzene rings is 3. The van der Waals surface area contributed by atoms with Crippen LogP contribution in [-0.4, -0.2) is 39.5 Å². The molecule has 0 aliphatic heterocycles. The minimum absolute atomic E-state index is 0.0677. The number of para-hydroxylation sites is 2. The van der Waals surface area contributed by atoms with Crippen molar-refractivity contribution in [2.45, 2.75) is 9.79 Å². The summed E-state index contributed by atoms with van der Waals surface area (Å²) in [5.41, 5.74) is 8.10. The zero-order chi connectivity index (χ0) is 23.2. The van der Waals surface area contributed by atoms with E-state index >= 15 is 0 Å². The third-order valence-electron chi connectivity index (χ3n) is 5.07. The van der Waals surface area contributed by atoms with Gasteiger partial charge in [-0.3, -0.25) is 0 Å². The highest BCUT2D eigenvalue weighted by molar-refractivity contribution is 7.92.